The first-order valence-electron chi connectivity index (χ1n) is 5.66. The van der Waals surface area contributed by atoms with Crippen molar-refractivity contribution < 1.29 is 4.92 Å². The van der Waals surface area contributed by atoms with Crippen molar-refractivity contribution in [1.82, 2.24) is 14.5 Å². The number of hydrogen-bond acceptors (Lipinski definition) is 5. The number of nitriles is 1. The molecule has 3 rings (SSSR count). The number of pyridine rings is 1. The Balaban J connectivity index is 2.28. The van der Waals surface area contributed by atoms with Crippen LogP contribution in [0, 0.1) is 21.4 Å². The van der Waals surface area contributed by atoms with Crippen LogP contribution < -0.4 is 0 Å². The number of benzene rings is 1. The summed E-state index contributed by atoms with van der Waals surface area (Å²) in [5.41, 5.74) is 0.798. The van der Waals surface area contributed by atoms with Crippen molar-refractivity contribution >= 4 is 16.6 Å². The van der Waals surface area contributed by atoms with E-state index in [0.29, 0.717) is 22.3 Å². The van der Waals surface area contributed by atoms with Gasteiger partial charge in [0.25, 0.3) is 5.69 Å². The summed E-state index contributed by atoms with van der Waals surface area (Å²) in [6, 6.07) is 7.88. The fourth-order valence-electron chi connectivity index (χ4n) is 1.93. The average Bonchev–Trinajstić information content (AvgIpc) is 2.99. The number of nitro groups is 1. The third kappa shape index (κ3) is 1.85. The topological polar surface area (TPSA) is 97.6 Å². The number of fused-ring (bicyclic) bond motifs is 1. The molecular formula is C13H7N5O2. The Hall–Kier alpha value is -3.27. The van der Waals surface area contributed by atoms with Crippen LogP contribution in [0.4, 0.5) is 5.69 Å². The van der Waals surface area contributed by atoms with Gasteiger partial charge in [-0.2, -0.15) is 5.26 Å². The number of nitrogens with zero attached hydrogens (tertiary/aromatic N) is 5. The molecular weight excluding hydrogens is 258 g/mol. The molecule has 7 heteroatoms. The zero-order valence-electron chi connectivity index (χ0n) is 10.1. The lowest BCUT2D eigenvalue weighted by atomic mass is 10.1. The number of imidazole rings is 1. The van der Waals surface area contributed by atoms with Crippen LogP contribution in [0.1, 0.15) is 5.56 Å². The Morgan fingerprint density at radius 1 is 1.35 bits per heavy atom. The van der Waals surface area contributed by atoms with Gasteiger partial charge in [-0.1, -0.05) is 0 Å². The van der Waals surface area contributed by atoms with Gasteiger partial charge in [0.15, 0.2) is 0 Å². The van der Waals surface area contributed by atoms with Gasteiger partial charge in [0.05, 0.1) is 22.1 Å². The van der Waals surface area contributed by atoms with E-state index < -0.39 is 4.92 Å². The van der Waals surface area contributed by atoms with Crippen LogP contribution in [0.25, 0.3) is 16.7 Å². The second-order valence-electron chi connectivity index (χ2n) is 4.07. The largest absolute Gasteiger partial charge is 0.290 e. The van der Waals surface area contributed by atoms with E-state index in [9.17, 15) is 15.4 Å². The van der Waals surface area contributed by atoms with E-state index in [1.54, 1.807) is 29.4 Å². The van der Waals surface area contributed by atoms with Gasteiger partial charge in [-0.25, -0.2) is 9.97 Å². The monoisotopic (exact) mass is 265 g/mol. The third-order valence-electron chi connectivity index (χ3n) is 2.88. The van der Waals surface area contributed by atoms with E-state index in [1.807, 2.05) is 6.07 Å². The maximum Gasteiger partial charge on any atom is 0.270 e. The number of rotatable bonds is 2. The predicted octanol–water partition coefficient (Wildman–Crippen LogP) is 2.20. The van der Waals surface area contributed by atoms with Crippen LogP contribution in [0.5, 0.6) is 0 Å². The molecule has 0 bridgehead atoms. The fourth-order valence-corrected chi connectivity index (χ4v) is 1.93. The fraction of sp³-hybridized carbons (Fsp3) is 0. The Morgan fingerprint density at radius 2 is 2.20 bits per heavy atom. The second kappa shape index (κ2) is 4.44. The molecule has 7 nitrogen and oxygen atoms in total. The summed E-state index contributed by atoms with van der Waals surface area (Å²) < 4.78 is 1.67. The Morgan fingerprint density at radius 3 is 2.85 bits per heavy atom. The van der Waals surface area contributed by atoms with E-state index in [-0.39, 0.29) is 5.69 Å². The summed E-state index contributed by atoms with van der Waals surface area (Å²) in [5.74, 6) is 0.542. The molecule has 96 valence electrons. The first kappa shape index (κ1) is 11.8. The van der Waals surface area contributed by atoms with Gasteiger partial charge in [-0.05, 0) is 12.1 Å². The first-order valence-corrected chi connectivity index (χ1v) is 5.66. The molecule has 0 N–H and O–H groups in total. The van der Waals surface area contributed by atoms with Crippen molar-refractivity contribution in [3.8, 4) is 11.9 Å². The molecule has 0 amide bonds. The van der Waals surface area contributed by atoms with E-state index >= 15 is 0 Å². The van der Waals surface area contributed by atoms with Crippen molar-refractivity contribution in [2.45, 2.75) is 0 Å². The highest BCUT2D eigenvalue weighted by molar-refractivity contribution is 5.87. The number of hydrogen-bond donors (Lipinski definition) is 0. The molecule has 0 aliphatic rings. The molecule has 0 aliphatic carbocycles. The summed E-state index contributed by atoms with van der Waals surface area (Å²) >= 11 is 0. The molecule has 0 saturated carbocycles. The lowest BCUT2D eigenvalue weighted by molar-refractivity contribution is -0.384. The molecule has 0 saturated heterocycles. The summed E-state index contributed by atoms with van der Waals surface area (Å²) in [7, 11) is 0. The molecule has 3 aromatic rings. The minimum atomic E-state index is -0.496. The standard InChI is InChI=1S/C13H7N5O2/c14-7-9-5-13(17-4-3-15-8-17)16-12-2-1-10(18(19)20)6-11(9)12/h1-6,8H. The highest BCUT2D eigenvalue weighted by Gasteiger charge is 2.12. The number of nitro benzene ring substituents is 1. The average molecular weight is 265 g/mol. The number of non-ortho nitro benzene ring substituents is 1. The van der Waals surface area contributed by atoms with Gasteiger partial charge in [-0.15, -0.1) is 0 Å². The summed E-state index contributed by atoms with van der Waals surface area (Å²) in [6.07, 6.45) is 4.88. The Labute approximate surface area is 112 Å². The van der Waals surface area contributed by atoms with Crippen LogP contribution in [0.15, 0.2) is 43.0 Å². The normalized spacial score (nSPS) is 10.3. The third-order valence-corrected chi connectivity index (χ3v) is 2.88. The van der Waals surface area contributed by atoms with Crippen LogP contribution in [-0.4, -0.2) is 19.5 Å². The van der Waals surface area contributed by atoms with E-state index in [1.165, 1.54) is 18.2 Å². The molecule has 20 heavy (non-hydrogen) atoms. The zero-order chi connectivity index (χ0) is 14.1. The summed E-state index contributed by atoms with van der Waals surface area (Å²) in [6.45, 7) is 0. The van der Waals surface area contributed by atoms with Gasteiger partial charge in [-0.3, -0.25) is 14.7 Å². The van der Waals surface area contributed by atoms with E-state index in [0.717, 1.165) is 0 Å². The van der Waals surface area contributed by atoms with Crippen molar-refractivity contribution in [2.75, 3.05) is 0 Å². The molecule has 0 fully saturated rings. The lowest BCUT2D eigenvalue weighted by Gasteiger charge is -2.05. The second-order valence-corrected chi connectivity index (χ2v) is 4.07. The van der Waals surface area contributed by atoms with Crippen LogP contribution in [0.3, 0.4) is 0 Å². The first-order chi connectivity index (χ1) is 9.69. The van der Waals surface area contributed by atoms with Crippen LogP contribution in [0.2, 0.25) is 0 Å². The summed E-state index contributed by atoms with van der Waals surface area (Å²) in [5, 5.41) is 20.5. The van der Waals surface area contributed by atoms with Gasteiger partial charge in [0, 0.05) is 29.9 Å². The molecule has 0 aliphatic heterocycles. The smallest absolute Gasteiger partial charge is 0.270 e. The lowest BCUT2D eigenvalue weighted by Crippen LogP contribution is -1.97. The van der Waals surface area contributed by atoms with Crippen molar-refractivity contribution in [2.24, 2.45) is 0 Å². The van der Waals surface area contributed by atoms with Crippen LogP contribution >= 0.6 is 0 Å². The molecule has 0 radical (unpaired) electrons. The Bertz CT molecular complexity index is 849. The molecule has 2 heterocycles. The zero-order valence-corrected chi connectivity index (χ0v) is 10.1. The maximum absolute atomic E-state index is 10.8. The Kier molecular flexibility index (Phi) is 2.62. The summed E-state index contributed by atoms with van der Waals surface area (Å²) in [4.78, 5) is 18.6. The predicted molar refractivity (Wildman–Crippen MR) is 70.2 cm³/mol. The SMILES string of the molecule is N#Cc1cc(-n2ccnc2)nc2ccc([N+](=O)[O-])cc12. The number of aromatic nitrogens is 3. The highest BCUT2D eigenvalue weighted by Crippen LogP contribution is 2.24. The van der Waals surface area contributed by atoms with Gasteiger partial charge in [0.2, 0.25) is 0 Å². The quantitative estimate of drug-likeness (QED) is 0.522. The maximum atomic E-state index is 10.8. The molecule has 0 unspecified atom stereocenters. The van der Waals surface area contributed by atoms with E-state index in [4.69, 9.17) is 0 Å². The molecule has 0 atom stereocenters. The van der Waals surface area contributed by atoms with Gasteiger partial charge < -0.3 is 0 Å². The van der Waals surface area contributed by atoms with Crippen molar-refractivity contribution in [3.63, 3.8) is 0 Å². The van der Waals surface area contributed by atoms with E-state index in [2.05, 4.69) is 9.97 Å². The minimum absolute atomic E-state index is 0.0637. The molecule has 0 spiro atoms. The molecule has 1 aromatic carbocycles. The van der Waals surface area contributed by atoms with Crippen molar-refractivity contribution in [1.29, 1.82) is 5.26 Å². The minimum Gasteiger partial charge on any atom is -0.290 e. The molecule has 2 aromatic heterocycles. The van der Waals surface area contributed by atoms with Gasteiger partial charge in [0.1, 0.15) is 12.1 Å². The van der Waals surface area contributed by atoms with Crippen molar-refractivity contribution in [3.05, 3.63) is 58.7 Å². The van der Waals surface area contributed by atoms with Crippen LogP contribution in [-0.2, 0) is 0 Å². The van der Waals surface area contributed by atoms with Gasteiger partial charge >= 0.3 is 0 Å². The highest BCUT2D eigenvalue weighted by atomic mass is 16.6.